The molecule has 28 heavy (non-hydrogen) atoms. The molecule has 0 aliphatic carbocycles. The summed E-state index contributed by atoms with van der Waals surface area (Å²) in [5.41, 5.74) is 8.18. The first-order valence-corrected chi connectivity index (χ1v) is 10.2. The van der Waals surface area contributed by atoms with Crippen LogP contribution in [0.1, 0.15) is 32.7 Å². The van der Waals surface area contributed by atoms with Crippen molar-refractivity contribution in [3.05, 3.63) is 64.3 Å². The fourth-order valence-electron chi connectivity index (χ4n) is 4.44. The number of benzene rings is 2. The number of rotatable bonds is 4. The molecule has 0 saturated carbocycles. The highest BCUT2D eigenvalue weighted by Crippen LogP contribution is 2.24. The summed E-state index contributed by atoms with van der Waals surface area (Å²) in [4.78, 5) is 20.3. The van der Waals surface area contributed by atoms with Crippen molar-refractivity contribution in [1.82, 2.24) is 4.98 Å². The van der Waals surface area contributed by atoms with E-state index in [1.54, 1.807) is 0 Å². The number of piperazine rings is 1. The number of quaternary nitrogens is 1. The third kappa shape index (κ3) is 3.45. The van der Waals surface area contributed by atoms with Crippen LogP contribution in [0.2, 0.25) is 0 Å². The van der Waals surface area contributed by atoms with Gasteiger partial charge in [0, 0.05) is 22.3 Å². The van der Waals surface area contributed by atoms with E-state index in [0.29, 0.717) is 6.54 Å². The van der Waals surface area contributed by atoms with Gasteiger partial charge >= 0.3 is 0 Å². The number of anilines is 1. The highest BCUT2D eigenvalue weighted by Gasteiger charge is 2.26. The van der Waals surface area contributed by atoms with Crippen LogP contribution in [0, 0.1) is 27.7 Å². The van der Waals surface area contributed by atoms with Gasteiger partial charge in [-0.25, -0.2) is 0 Å². The molecule has 4 nitrogen and oxygen atoms in total. The third-order valence-corrected chi connectivity index (χ3v) is 6.22. The Kier molecular flexibility index (Phi) is 4.98. The molecule has 0 radical (unpaired) electrons. The molecule has 146 valence electrons. The van der Waals surface area contributed by atoms with Gasteiger partial charge in [0.1, 0.15) is 6.54 Å². The van der Waals surface area contributed by atoms with E-state index in [1.165, 1.54) is 27.3 Å². The predicted molar refractivity (Wildman–Crippen MR) is 116 cm³/mol. The van der Waals surface area contributed by atoms with Crippen LogP contribution in [-0.2, 0) is 0 Å². The van der Waals surface area contributed by atoms with Crippen LogP contribution in [0.15, 0.2) is 36.4 Å². The lowest BCUT2D eigenvalue weighted by Crippen LogP contribution is -3.15. The Bertz CT molecular complexity index is 1030. The number of nitrogens with one attached hydrogen (secondary N) is 2. The molecule has 0 atom stereocenters. The number of aryl methyl sites for hydroxylation is 3. The van der Waals surface area contributed by atoms with Gasteiger partial charge in [0.05, 0.1) is 31.7 Å². The Balaban J connectivity index is 1.45. The molecule has 2 heterocycles. The number of aromatic amines is 1. The molecule has 2 aromatic carbocycles. The zero-order chi connectivity index (χ0) is 19.8. The Morgan fingerprint density at radius 2 is 1.82 bits per heavy atom. The van der Waals surface area contributed by atoms with Gasteiger partial charge in [0.25, 0.3) is 0 Å². The van der Waals surface area contributed by atoms with Crippen LogP contribution in [0.25, 0.3) is 10.9 Å². The van der Waals surface area contributed by atoms with Gasteiger partial charge in [0.15, 0.2) is 0 Å². The van der Waals surface area contributed by atoms with Crippen molar-refractivity contribution in [3.63, 3.8) is 0 Å². The minimum Gasteiger partial charge on any atom is -0.360 e. The number of hydrogen-bond donors (Lipinski definition) is 2. The SMILES string of the molecule is Cc1ccc2c(C(=O)C[NH+]3CCN(c4cccc(C)c4C)CC3)c(C)[nH]c2c1. The molecule has 1 aliphatic rings. The van der Waals surface area contributed by atoms with Gasteiger partial charge < -0.3 is 14.8 Å². The number of H-pyrrole nitrogens is 1. The van der Waals surface area contributed by atoms with Crippen LogP contribution in [-0.4, -0.2) is 43.5 Å². The lowest BCUT2D eigenvalue weighted by molar-refractivity contribution is -0.892. The smallest absolute Gasteiger partial charge is 0.219 e. The van der Waals surface area contributed by atoms with E-state index < -0.39 is 0 Å². The second kappa shape index (κ2) is 7.44. The Labute approximate surface area is 167 Å². The van der Waals surface area contributed by atoms with Crippen LogP contribution in [0.4, 0.5) is 5.69 Å². The summed E-state index contributed by atoms with van der Waals surface area (Å²) in [5.74, 6) is 0.253. The van der Waals surface area contributed by atoms with Gasteiger partial charge in [-0.2, -0.15) is 0 Å². The first kappa shape index (κ1) is 18.8. The molecule has 0 bridgehead atoms. The van der Waals surface area contributed by atoms with Crippen molar-refractivity contribution in [2.45, 2.75) is 27.7 Å². The Morgan fingerprint density at radius 1 is 1.07 bits per heavy atom. The van der Waals surface area contributed by atoms with Crippen LogP contribution in [0.3, 0.4) is 0 Å². The minimum atomic E-state index is 0.253. The van der Waals surface area contributed by atoms with Gasteiger partial charge in [0.2, 0.25) is 5.78 Å². The number of hydrogen-bond acceptors (Lipinski definition) is 2. The van der Waals surface area contributed by atoms with E-state index in [4.69, 9.17) is 0 Å². The lowest BCUT2D eigenvalue weighted by Gasteiger charge is -2.34. The predicted octanol–water partition coefficient (Wildman–Crippen LogP) is 2.99. The average Bonchev–Trinajstić information content (AvgIpc) is 2.99. The largest absolute Gasteiger partial charge is 0.360 e. The van der Waals surface area contributed by atoms with E-state index >= 15 is 0 Å². The topological polar surface area (TPSA) is 40.5 Å². The fourth-order valence-corrected chi connectivity index (χ4v) is 4.44. The molecule has 3 aromatic rings. The van der Waals surface area contributed by atoms with Gasteiger partial charge in [-0.1, -0.05) is 24.3 Å². The van der Waals surface area contributed by atoms with E-state index in [0.717, 1.165) is 48.3 Å². The number of aromatic nitrogens is 1. The molecule has 1 aromatic heterocycles. The second-order valence-corrected chi connectivity index (χ2v) is 8.23. The summed E-state index contributed by atoms with van der Waals surface area (Å²) in [5, 5.41) is 1.06. The van der Waals surface area contributed by atoms with Crippen molar-refractivity contribution < 1.29 is 9.69 Å². The molecule has 1 aliphatic heterocycles. The molecule has 1 saturated heterocycles. The molecule has 2 N–H and O–H groups in total. The molecule has 4 rings (SSSR count). The molecule has 0 amide bonds. The van der Waals surface area contributed by atoms with Crippen LogP contribution in [0.5, 0.6) is 0 Å². The minimum absolute atomic E-state index is 0.253. The zero-order valence-corrected chi connectivity index (χ0v) is 17.4. The zero-order valence-electron chi connectivity index (χ0n) is 17.4. The first-order chi connectivity index (χ1) is 13.4. The molecule has 0 spiro atoms. The quantitative estimate of drug-likeness (QED) is 0.688. The molecular formula is C24H30N3O+. The summed E-state index contributed by atoms with van der Waals surface area (Å²) in [6.07, 6.45) is 0. The number of fused-ring (bicyclic) bond motifs is 1. The van der Waals surface area contributed by atoms with Crippen molar-refractivity contribution >= 4 is 22.4 Å². The van der Waals surface area contributed by atoms with Crippen molar-refractivity contribution in [1.29, 1.82) is 0 Å². The second-order valence-electron chi connectivity index (χ2n) is 8.23. The number of nitrogens with zero attached hydrogens (tertiary/aromatic N) is 1. The Morgan fingerprint density at radius 3 is 2.57 bits per heavy atom. The van der Waals surface area contributed by atoms with Crippen LogP contribution < -0.4 is 9.80 Å². The van der Waals surface area contributed by atoms with Crippen molar-refractivity contribution in [3.8, 4) is 0 Å². The average molecular weight is 377 g/mol. The maximum Gasteiger partial charge on any atom is 0.219 e. The summed E-state index contributed by atoms with van der Waals surface area (Å²) >= 11 is 0. The molecular weight excluding hydrogens is 346 g/mol. The highest BCUT2D eigenvalue weighted by atomic mass is 16.1. The number of carbonyl (C=O) groups is 1. The summed E-state index contributed by atoms with van der Waals surface area (Å²) in [6, 6.07) is 12.8. The maximum atomic E-state index is 13.1. The third-order valence-electron chi connectivity index (χ3n) is 6.22. The standard InChI is InChI=1S/C24H29N3O/c1-16-8-9-20-21(14-16)25-19(4)24(20)23(28)15-26-10-12-27(13-11-26)22-7-5-6-17(2)18(22)3/h5-9,14,25H,10-13,15H2,1-4H3/p+1. The molecule has 4 heteroatoms. The molecule has 0 unspecified atom stereocenters. The van der Waals surface area contributed by atoms with Crippen LogP contribution >= 0.6 is 0 Å². The normalized spacial score (nSPS) is 15.4. The number of carbonyl (C=O) groups excluding carboxylic acids is 1. The van der Waals surface area contributed by atoms with E-state index in [-0.39, 0.29) is 5.78 Å². The maximum absolute atomic E-state index is 13.1. The van der Waals surface area contributed by atoms with Gasteiger partial charge in [-0.3, -0.25) is 4.79 Å². The van der Waals surface area contributed by atoms with E-state index in [2.05, 4.69) is 67.1 Å². The van der Waals surface area contributed by atoms with Gasteiger partial charge in [-0.05, 0) is 56.5 Å². The molecule has 1 fully saturated rings. The first-order valence-electron chi connectivity index (χ1n) is 10.2. The Hall–Kier alpha value is -2.59. The summed E-state index contributed by atoms with van der Waals surface area (Å²) in [6.45, 7) is 13.0. The monoisotopic (exact) mass is 376 g/mol. The number of Topliss-reactive ketones (excluding diaryl/α,β-unsaturated/α-hetero) is 1. The van der Waals surface area contributed by atoms with Gasteiger partial charge in [-0.15, -0.1) is 0 Å². The highest BCUT2D eigenvalue weighted by molar-refractivity contribution is 6.09. The van der Waals surface area contributed by atoms with Crippen molar-refractivity contribution in [2.24, 2.45) is 0 Å². The fraction of sp³-hybridized carbons (Fsp3) is 0.375. The summed E-state index contributed by atoms with van der Waals surface area (Å²) < 4.78 is 0. The van der Waals surface area contributed by atoms with Crippen molar-refractivity contribution in [2.75, 3.05) is 37.6 Å². The lowest BCUT2D eigenvalue weighted by atomic mass is 10.0. The van der Waals surface area contributed by atoms with E-state index in [9.17, 15) is 4.79 Å². The van der Waals surface area contributed by atoms with E-state index in [1.807, 2.05) is 6.92 Å². The summed E-state index contributed by atoms with van der Waals surface area (Å²) in [7, 11) is 0. The number of ketones is 1.